The molecule has 1 unspecified atom stereocenters. The average molecular weight is 290 g/mol. The Morgan fingerprint density at radius 2 is 2.44 bits per heavy atom. The maximum atomic E-state index is 11.8. The molecule has 102 valence electrons. The summed E-state index contributed by atoms with van der Waals surface area (Å²) in [7, 11) is 2.00. The molecule has 6 heteroatoms. The topological polar surface area (TPSA) is 45.2 Å². The van der Waals surface area contributed by atoms with Crippen LogP contribution >= 0.6 is 23.7 Å². The van der Waals surface area contributed by atoms with E-state index in [2.05, 4.69) is 15.2 Å². The number of Topliss-reactive ketones (excluding diaryl/α,β-unsaturated/α-hetero) is 1. The average Bonchev–Trinajstić information content (AvgIpc) is 2.83. The van der Waals surface area contributed by atoms with Crippen LogP contribution in [0.1, 0.15) is 29.1 Å². The van der Waals surface area contributed by atoms with Crippen LogP contribution in [0.3, 0.4) is 0 Å². The fourth-order valence-electron chi connectivity index (χ4n) is 2.19. The number of rotatable bonds is 5. The van der Waals surface area contributed by atoms with E-state index in [1.165, 1.54) is 30.6 Å². The van der Waals surface area contributed by atoms with E-state index in [1.807, 2.05) is 12.4 Å². The van der Waals surface area contributed by atoms with Crippen molar-refractivity contribution >= 4 is 29.5 Å². The summed E-state index contributed by atoms with van der Waals surface area (Å²) >= 11 is 1.42. The first-order chi connectivity index (χ1) is 8.25. The molecule has 1 saturated heterocycles. The molecule has 0 bridgehead atoms. The van der Waals surface area contributed by atoms with E-state index in [1.54, 1.807) is 6.20 Å². The van der Waals surface area contributed by atoms with Gasteiger partial charge in [0.1, 0.15) is 0 Å². The molecule has 2 rings (SSSR count). The van der Waals surface area contributed by atoms with Crippen LogP contribution in [-0.2, 0) is 0 Å². The van der Waals surface area contributed by atoms with Crippen molar-refractivity contribution in [1.82, 2.24) is 15.2 Å². The summed E-state index contributed by atoms with van der Waals surface area (Å²) in [4.78, 5) is 18.0. The largest absolute Gasteiger partial charge is 0.313 e. The van der Waals surface area contributed by atoms with Crippen LogP contribution in [0.15, 0.2) is 11.6 Å². The number of piperidine rings is 1. The van der Waals surface area contributed by atoms with E-state index in [9.17, 15) is 4.79 Å². The van der Waals surface area contributed by atoms with Crippen molar-refractivity contribution in [3.63, 3.8) is 0 Å². The molecule has 1 fully saturated rings. The second-order valence-corrected chi connectivity index (χ2v) is 5.50. The van der Waals surface area contributed by atoms with Crippen LogP contribution in [0, 0.1) is 0 Å². The lowest BCUT2D eigenvalue weighted by Crippen LogP contribution is -2.43. The zero-order valence-electron chi connectivity index (χ0n) is 10.6. The van der Waals surface area contributed by atoms with Crippen LogP contribution in [0.25, 0.3) is 0 Å². The van der Waals surface area contributed by atoms with E-state index in [0.29, 0.717) is 17.6 Å². The van der Waals surface area contributed by atoms with Crippen molar-refractivity contribution < 1.29 is 4.79 Å². The molecule has 2 heterocycles. The van der Waals surface area contributed by atoms with Crippen LogP contribution in [-0.4, -0.2) is 48.4 Å². The molecule has 1 aliphatic heterocycles. The molecule has 0 aromatic carbocycles. The van der Waals surface area contributed by atoms with Crippen LogP contribution in [0.4, 0.5) is 0 Å². The van der Waals surface area contributed by atoms with E-state index in [4.69, 9.17) is 0 Å². The molecule has 1 atom stereocenters. The van der Waals surface area contributed by atoms with Crippen molar-refractivity contribution in [3.05, 3.63) is 16.6 Å². The molecule has 1 aliphatic rings. The van der Waals surface area contributed by atoms with Gasteiger partial charge in [0.05, 0.1) is 6.54 Å². The fraction of sp³-hybridized carbons (Fsp3) is 0.667. The molecule has 4 nitrogen and oxygen atoms in total. The monoisotopic (exact) mass is 289 g/mol. The van der Waals surface area contributed by atoms with Crippen molar-refractivity contribution in [2.24, 2.45) is 0 Å². The minimum absolute atomic E-state index is 0. The van der Waals surface area contributed by atoms with Crippen molar-refractivity contribution in [3.8, 4) is 0 Å². The number of likely N-dealkylation sites (N-methyl/N-ethyl adjacent to an activating group) is 1. The quantitative estimate of drug-likeness (QED) is 0.840. The maximum absolute atomic E-state index is 11.8. The number of carbonyl (C=O) groups excluding carboxylic acids is 1. The number of nitrogens with one attached hydrogen (secondary N) is 1. The van der Waals surface area contributed by atoms with Crippen molar-refractivity contribution in [1.29, 1.82) is 0 Å². The molecule has 1 aromatic heterocycles. The van der Waals surface area contributed by atoms with Crippen LogP contribution in [0.2, 0.25) is 0 Å². The van der Waals surface area contributed by atoms with Gasteiger partial charge in [-0.05, 0) is 26.4 Å². The number of aromatic nitrogens is 1. The van der Waals surface area contributed by atoms with Gasteiger partial charge < -0.3 is 5.32 Å². The van der Waals surface area contributed by atoms with Gasteiger partial charge in [0.25, 0.3) is 0 Å². The lowest BCUT2D eigenvalue weighted by molar-refractivity contribution is 0.0938. The van der Waals surface area contributed by atoms with Gasteiger partial charge in [0, 0.05) is 24.2 Å². The second kappa shape index (κ2) is 7.84. The molecule has 0 spiro atoms. The zero-order valence-corrected chi connectivity index (χ0v) is 12.2. The standard InChI is InChI=1S/C12H19N3OS.ClH/c1-15(8-10-4-2-3-5-13-10)9-11(16)12-14-6-7-17-12;/h6-7,10,13H,2-5,8-9H2,1H3;1H. The number of thiazole rings is 1. The molecule has 0 radical (unpaired) electrons. The molecular formula is C12H20ClN3OS. The minimum atomic E-state index is 0. The molecule has 0 aliphatic carbocycles. The maximum Gasteiger partial charge on any atom is 0.205 e. The number of hydrogen-bond donors (Lipinski definition) is 1. The predicted molar refractivity (Wildman–Crippen MR) is 76.8 cm³/mol. The summed E-state index contributed by atoms with van der Waals surface area (Å²) in [6.07, 6.45) is 5.47. The molecule has 0 amide bonds. The van der Waals surface area contributed by atoms with Gasteiger partial charge in [-0.3, -0.25) is 9.69 Å². The van der Waals surface area contributed by atoms with Gasteiger partial charge in [-0.2, -0.15) is 0 Å². The van der Waals surface area contributed by atoms with Gasteiger partial charge in [-0.25, -0.2) is 4.98 Å². The van der Waals surface area contributed by atoms with E-state index < -0.39 is 0 Å². The Labute approximate surface area is 118 Å². The number of carbonyl (C=O) groups is 1. The third-order valence-electron chi connectivity index (χ3n) is 3.03. The highest BCUT2D eigenvalue weighted by Gasteiger charge is 2.17. The first-order valence-corrected chi connectivity index (χ1v) is 6.98. The summed E-state index contributed by atoms with van der Waals surface area (Å²) < 4.78 is 0. The highest BCUT2D eigenvalue weighted by molar-refractivity contribution is 7.11. The highest BCUT2D eigenvalue weighted by atomic mass is 35.5. The van der Waals surface area contributed by atoms with Gasteiger partial charge >= 0.3 is 0 Å². The Morgan fingerprint density at radius 3 is 3.06 bits per heavy atom. The van der Waals surface area contributed by atoms with Gasteiger partial charge in [-0.1, -0.05) is 6.42 Å². The van der Waals surface area contributed by atoms with Gasteiger partial charge in [-0.15, -0.1) is 23.7 Å². The Balaban J connectivity index is 0.00000162. The molecule has 1 N–H and O–H groups in total. The Hall–Kier alpha value is -0.490. The third kappa shape index (κ3) is 4.65. The second-order valence-electron chi connectivity index (χ2n) is 4.60. The number of hydrogen-bond acceptors (Lipinski definition) is 5. The highest BCUT2D eigenvalue weighted by Crippen LogP contribution is 2.09. The summed E-state index contributed by atoms with van der Waals surface area (Å²) in [5.41, 5.74) is 0. The van der Waals surface area contributed by atoms with Gasteiger partial charge in [0.15, 0.2) is 5.01 Å². The smallest absolute Gasteiger partial charge is 0.205 e. The first-order valence-electron chi connectivity index (χ1n) is 6.10. The Bertz CT molecular complexity index is 352. The van der Waals surface area contributed by atoms with Crippen LogP contribution in [0.5, 0.6) is 0 Å². The molecule has 18 heavy (non-hydrogen) atoms. The lowest BCUT2D eigenvalue weighted by Gasteiger charge is -2.27. The predicted octanol–water partition coefficient (Wildman–Crippen LogP) is 1.82. The summed E-state index contributed by atoms with van der Waals surface area (Å²) in [6.45, 7) is 2.52. The van der Waals surface area contributed by atoms with E-state index >= 15 is 0 Å². The third-order valence-corrected chi connectivity index (χ3v) is 3.84. The lowest BCUT2D eigenvalue weighted by atomic mass is 10.0. The minimum Gasteiger partial charge on any atom is -0.313 e. The van der Waals surface area contributed by atoms with Crippen molar-refractivity contribution in [2.45, 2.75) is 25.3 Å². The molecular weight excluding hydrogens is 270 g/mol. The van der Waals surface area contributed by atoms with Gasteiger partial charge in [0.2, 0.25) is 5.78 Å². The number of ketones is 1. The Morgan fingerprint density at radius 1 is 1.61 bits per heavy atom. The fourth-order valence-corrected chi connectivity index (χ4v) is 2.76. The molecule has 0 saturated carbocycles. The summed E-state index contributed by atoms with van der Waals surface area (Å²) in [6, 6.07) is 0.540. The normalized spacial score (nSPS) is 19.6. The van der Waals surface area contributed by atoms with Crippen molar-refractivity contribution in [2.75, 3.05) is 26.7 Å². The van der Waals surface area contributed by atoms with E-state index in [-0.39, 0.29) is 18.2 Å². The summed E-state index contributed by atoms with van der Waals surface area (Å²) in [5.74, 6) is 0.123. The zero-order chi connectivity index (χ0) is 12.1. The summed E-state index contributed by atoms with van der Waals surface area (Å²) in [5, 5.41) is 5.95. The number of halogens is 1. The number of nitrogens with zero attached hydrogens (tertiary/aromatic N) is 2. The first kappa shape index (κ1) is 15.6. The Kier molecular flexibility index (Phi) is 6.78. The molecule has 1 aromatic rings. The van der Waals surface area contributed by atoms with E-state index in [0.717, 1.165) is 13.1 Å². The SMILES string of the molecule is CN(CC(=O)c1nccs1)CC1CCCCN1.Cl. The van der Waals surface area contributed by atoms with Crippen LogP contribution < -0.4 is 5.32 Å².